The number of hydrogen-bond acceptors (Lipinski definition) is 2. The van der Waals surface area contributed by atoms with Crippen molar-refractivity contribution in [1.29, 1.82) is 0 Å². The van der Waals surface area contributed by atoms with E-state index in [9.17, 15) is 0 Å². The maximum absolute atomic E-state index is 5.07. The molecule has 0 amide bonds. The standard InChI is InChI=1S/C34H20N4/c1-3-7-30-27(5-1)29-20-36-32-28-6-2-4-8-31(28)38-26-15-11-22(12-16-26)24-17-23(18-35-19-24)21-9-13-25(14-10-21)37(30)33(29)34(32)38/h1-20H. The minimum Gasteiger partial charge on any atom is -0.307 e. The van der Waals surface area contributed by atoms with Crippen molar-refractivity contribution < 1.29 is 0 Å². The molecule has 4 nitrogen and oxygen atoms in total. The molecule has 0 aliphatic heterocycles. The maximum atomic E-state index is 5.07. The van der Waals surface area contributed by atoms with E-state index in [1.54, 1.807) is 0 Å². The molecule has 4 aromatic carbocycles. The molecule has 38 heavy (non-hydrogen) atoms. The summed E-state index contributed by atoms with van der Waals surface area (Å²) in [6, 6.07) is 37.1. The maximum Gasteiger partial charge on any atom is 0.0985 e. The highest BCUT2D eigenvalue weighted by molar-refractivity contribution is 6.22. The van der Waals surface area contributed by atoms with E-state index >= 15 is 0 Å². The van der Waals surface area contributed by atoms with Gasteiger partial charge >= 0.3 is 0 Å². The Kier molecular flexibility index (Phi) is 3.76. The summed E-state index contributed by atoms with van der Waals surface area (Å²) in [6.07, 6.45) is 5.94. The molecule has 8 heterocycles. The van der Waals surface area contributed by atoms with E-state index in [1.807, 2.05) is 12.4 Å². The van der Waals surface area contributed by atoms with Crippen LogP contribution in [0.3, 0.4) is 0 Å². The van der Waals surface area contributed by atoms with Gasteiger partial charge in [-0.3, -0.25) is 9.97 Å². The van der Waals surface area contributed by atoms with Crippen molar-refractivity contribution in [2.45, 2.75) is 0 Å². The lowest BCUT2D eigenvalue weighted by molar-refractivity contribution is 1.29. The molecule has 8 aromatic heterocycles. The summed E-state index contributed by atoms with van der Waals surface area (Å²) < 4.78 is 4.78. The van der Waals surface area contributed by atoms with Gasteiger partial charge in [-0.05, 0) is 53.2 Å². The van der Waals surface area contributed by atoms with Gasteiger partial charge < -0.3 is 8.80 Å². The molecule has 0 N–H and O–H groups in total. The van der Waals surface area contributed by atoms with Crippen LogP contribution in [0, 0.1) is 0 Å². The fraction of sp³-hybridized carbons (Fsp3) is 0. The van der Waals surface area contributed by atoms with Crippen LogP contribution in [0.2, 0.25) is 0 Å². The molecule has 176 valence electrons. The van der Waals surface area contributed by atoms with E-state index in [0.29, 0.717) is 0 Å². The van der Waals surface area contributed by atoms with Crippen molar-refractivity contribution in [1.82, 2.24) is 18.8 Å². The lowest BCUT2D eigenvalue weighted by atomic mass is 10.1. The van der Waals surface area contributed by atoms with Crippen LogP contribution in [0.4, 0.5) is 0 Å². The summed E-state index contributed by atoms with van der Waals surface area (Å²) in [7, 11) is 0. The minimum absolute atomic E-state index is 1.01. The van der Waals surface area contributed by atoms with Gasteiger partial charge in [0.15, 0.2) is 0 Å². The second-order valence-corrected chi connectivity index (χ2v) is 9.98. The fourth-order valence-corrected chi connectivity index (χ4v) is 6.23. The normalized spacial score (nSPS) is 12.2. The van der Waals surface area contributed by atoms with Crippen molar-refractivity contribution in [2.75, 3.05) is 0 Å². The van der Waals surface area contributed by atoms with E-state index < -0.39 is 0 Å². The van der Waals surface area contributed by atoms with E-state index in [2.05, 4.69) is 123 Å². The summed E-state index contributed by atoms with van der Waals surface area (Å²) in [5, 5.41) is 8.02. The van der Waals surface area contributed by atoms with Gasteiger partial charge in [0, 0.05) is 56.6 Å². The van der Waals surface area contributed by atoms with Crippen LogP contribution in [-0.4, -0.2) is 18.8 Å². The molecule has 0 aliphatic rings. The van der Waals surface area contributed by atoms with Crippen LogP contribution in [0.25, 0.3) is 76.3 Å². The van der Waals surface area contributed by atoms with Crippen LogP contribution >= 0.6 is 0 Å². The zero-order valence-corrected chi connectivity index (χ0v) is 20.3. The molecule has 0 saturated carbocycles. The van der Waals surface area contributed by atoms with E-state index in [-0.39, 0.29) is 0 Å². The van der Waals surface area contributed by atoms with Crippen LogP contribution in [0.1, 0.15) is 0 Å². The topological polar surface area (TPSA) is 34.6 Å². The molecule has 0 saturated heterocycles. The van der Waals surface area contributed by atoms with Crippen molar-refractivity contribution in [3.8, 4) is 0 Å². The van der Waals surface area contributed by atoms with Gasteiger partial charge in [0.1, 0.15) is 0 Å². The fourth-order valence-electron chi connectivity index (χ4n) is 6.23. The summed E-state index contributed by atoms with van der Waals surface area (Å²) in [5.74, 6) is 0. The van der Waals surface area contributed by atoms with Crippen molar-refractivity contribution in [3.63, 3.8) is 0 Å². The SMILES string of the molecule is c1ccc2c(c1)c1cnc3c4ccccc4n4c5ccc(cc5)c5cncc(c5)c5ccc(cc5)n2c1c34. The smallest absolute Gasteiger partial charge is 0.0985 e. The monoisotopic (exact) mass is 484 g/mol. The molecule has 0 fully saturated rings. The molecule has 0 atom stereocenters. The third kappa shape index (κ3) is 2.53. The highest BCUT2D eigenvalue weighted by Crippen LogP contribution is 2.38. The van der Waals surface area contributed by atoms with Gasteiger partial charge in [-0.1, -0.05) is 60.7 Å². The molecule has 12 aromatic rings. The second-order valence-electron chi connectivity index (χ2n) is 9.98. The Labute approximate surface area is 216 Å². The first-order valence-electron chi connectivity index (χ1n) is 12.8. The minimum atomic E-state index is 1.01. The van der Waals surface area contributed by atoms with Crippen LogP contribution in [-0.2, 0) is 0 Å². The largest absolute Gasteiger partial charge is 0.307 e. The van der Waals surface area contributed by atoms with E-state index in [4.69, 9.17) is 4.98 Å². The van der Waals surface area contributed by atoms with Crippen LogP contribution in [0.5, 0.6) is 0 Å². The Bertz CT molecular complexity index is 2250. The molecule has 4 heteroatoms. The molecule has 0 aliphatic carbocycles. The summed E-state index contributed by atoms with van der Waals surface area (Å²) in [6.45, 7) is 0. The Morgan fingerprint density at radius 1 is 0.447 bits per heavy atom. The van der Waals surface area contributed by atoms with Gasteiger partial charge in [-0.2, -0.15) is 0 Å². The average molecular weight is 485 g/mol. The number of nitrogens with zero attached hydrogens (tertiary/aromatic N) is 4. The molecule has 0 radical (unpaired) electrons. The Morgan fingerprint density at radius 3 is 1.66 bits per heavy atom. The van der Waals surface area contributed by atoms with E-state index in [0.717, 1.165) is 59.9 Å². The van der Waals surface area contributed by atoms with Gasteiger partial charge in [0.25, 0.3) is 0 Å². The van der Waals surface area contributed by atoms with Crippen molar-refractivity contribution >= 4 is 76.3 Å². The molecule has 6 bridgehead atoms. The number of benzene rings is 4. The van der Waals surface area contributed by atoms with Crippen molar-refractivity contribution in [2.24, 2.45) is 0 Å². The van der Waals surface area contributed by atoms with E-state index in [1.165, 1.54) is 16.4 Å². The Balaban J connectivity index is 1.70. The first kappa shape index (κ1) is 19.9. The molecular formula is C34H20N4. The lowest BCUT2D eigenvalue weighted by Crippen LogP contribution is -1.90. The zero-order chi connectivity index (χ0) is 24.8. The van der Waals surface area contributed by atoms with Gasteiger partial charge in [0.05, 0.1) is 27.6 Å². The first-order chi connectivity index (χ1) is 18.8. The Morgan fingerprint density at radius 2 is 1.00 bits per heavy atom. The number of pyridine rings is 2. The lowest BCUT2D eigenvalue weighted by Gasteiger charge is -2.04. The van der Waals surface area contributed by atoms with Crippen LogP contribution in [0.15, 0.2) is 122 Å². The highest BCUT2D eigenvalue weighted by atomic mass is 15.0. The average Bonchev–Trinajstić information content (AvgIpc) is 3.50. The molecular weight excluding hydrogens is 464 g/mol. The third-order valence-corrected chi connectivity index (χ3v) is 7.96. The predicted molar refractivity (Wildman–Crippen MR) is 158 cm³/mol. The number of para-hydroxylation sites is 2. The number of rotatable bonds is 0. The van der Waals surface area contributed by atoms with Gasteiger partial charge in [-0.15, -0.1) is 0 Å². The summed E-state index contributed by atoms with van der Waals surface area (Å²) >= 11 is 0. The summed E-state index contributed by atoms with van der Waals surface area (Å²) in [4.78, 5) is 9.65. The molecule has 0 spiro atoms. The summed E-state index contributed by atoms with van der Waals surface area (Å²) in [5.41, 5.74) is 7.85. The highest BCUT2D eigenvalue weighted by Gasteiger charge is 2.18. The number of hydrogen-bond donors (Lipinski definition) is 0. The Hall–Kier alpha value is -5.22. The van der Waals surface area contributed by atoms with Gasteiger partial charge in [0.2, 0.25) is 0 Å². The quantitative estimate of drug-likeness (QED) is 0.216. The molecule has 12 rings (SSSR count). The van der Waals surface area contributed by atoms with Crippen molar-refractivity contribution in [3.05, 3.63) is 122 Å². The molecule has 0 unspecified atom stereocenters. The number of aromatic nitrogens is 4. The zero-order valence-electron chi connectivity index (χ0n) is 20.3. The van der Waals surface area contributed by atoms with Gasteiger partial charge in [-0.25, -0.2) is 0 Å². The number of fused-ring (bicyclic) bond motifs is 4. The first-order valence-corrected chi connectivity index (χ1v) is 12.8. The second kappa shape index (κ2) is 7.17. The van der Waals surface area contributed by atoms with Crippen LogP contribution < -0.4 is 0 Å². The predicted octanol–water partition coefficient (Wildman–Crippen LogP) is 8.46. The third-order valence-electron chi connectivity index (χ3n) is 7.96.